The monoisotopic (exact) mass is 456 g/mol. The molecule has 0 fully saturated rings. The smallest absolute Gasteiger partial charge is 0.0203 e. The molecule has 0 aromatic heterocycles. The molecule has 0 heteroatoms. The fourth-order valence-corrected chi connectivity index (χ4v) is 4.51. The van der Waals surface area contributed by atoms with Crippen molar-refractivity contribution in [3.8, 4) is 0 Å². The second-order valence-corrected chi connectivity index (χ2v) is 9.27. The van der Waals surface area contributed by atoms with Crippen molar-refractivity contribution in [1.29, 1.82) is 0 Å². The first-order chi connectivity index (χ1) is 17.3. The van der Waals surface area contributed by atoms with Gasteiger partial charge in [-0.2, -0.15) is 0 Å². The lowest BCUT2D eigenvalue weighted by molar-refractivity contribution is 0.812. The Morgan fingerprint density at radius 1 is 0.343 bits per heavy atom. The van der Waals surface area contributed by atoms with Crippen molar-refractivity contribution >= 4 is 0 Å². The molecule has 4 rings (SSSR count). The Bertz CT molecular complexity index is 996. The van der Waals surface area contributed by atoms with Gasteiger partial charge < -0.3 is 0 Å². The molecule has 0 amide bonds. The van der Waals surface area contributed by atoms with Gasteiger partial charge in [-0.25, -0.2) is 0 Å². The van der Waals surface area contributed by atoms with E-state index in [9.17, 15) is 0 Å². The molecule has 0 N–H and O–H groups in total. The van der Waals surface area contributed by atoms with Crippen LogP contribution in [0.25, 0.3) is 0 Å². The summed E-state index contributed by atoms with van der Waals surface area (Å²) >= 11 is 0. The molecule has 4 aromatic rings. The highest BCUT2D eigenvalue weighted by atomic mass is 14.1. The fraction of sp³-hybridized carbons (Fsp3) is 0.229. The zero-order valence-corrected chi connectivity index (χ0v) is 20.7. The van der Waals surface area contributed by atoms with Crippen LogP contribution in [-0.2, 0) is 25.7 Å². The van der Waals surface area contributed by atoms with Gasteiger partial charge in [-0.1, -0.05) is 121 Å². The van der Waals surface area contributed by atoms with Gasteiger partial charge in [-0.3, -0.25) is 0 Å². The minimum Gasteiger partial charge on any atom is -0.123 e. The van der Waals surface area contributed by atoms with Gasteiger partial charge in [0, 0.05) is 0 Å². The Morgan fingerprint density at radius 3 is 0.800 bits per heavy atom. The highest BCUT2D eigenvalue weighted by molar-refractivity contribution is 5.23. The summed E-state index contributed by atoms with van der Waals surface area (Å²) in [5.74, 6) is 0. The molecule has 0 nitrogen and oxygen atoms in total. The summed E-state index contributed by atoms with van der Waals surface area (Å²) in [6, 6.07) is 43.5. The molecule has 0 radical (unpaired) electrons. The van der Waals surface area contributed by atoms with Crippen LogP contribution >= 0.6 is 0 Å². The Hall–Kier alpha value is -3.60. The molecule has 0 saturated heterocycles. The molecular weight excluding hydrogens is 420 g/mol. The maximum Gasteiger partial charge on any atom is -0.0203 e. The van der Waals surface area contributed by atoms with Gasteiger partial charge >= 0.3 is 0 Å². The molecular formula is C35H36. The molecule has 176 valence electrons. The molecule has 0 spiro atoms. The zero-order valence-electron chi connectivity index (χ0n) is 20.7. The summed E-state index contributed by atoms with van der Waals surface area (Å²) in [6.45, 7) is 0. The molecule has 0 heterocycles. The van der Waals surface area contributed by atoms with Crippen LogP contribution in [-0.4, -0.2) is 0 Å². The average Bonchev–Trinajstić information content (AvgIpc) is 2.93. The van der Waals surface area contributed by atoms with Gasteiger partial charge in [0.25, 0.3) is 0 Å². The van der Waals surface area contributed by atoms with Crippen LogP contribution in [0.2, 0.25) is 0 Å². The maximum atomic E-state index is 3.97. The van der Waals surface area contributed by atoms with E-state index in [1.54, 1.807) is 0 Å². The summed E-state index contributed by atoms with van der Waals surface area (Å²) in [4.78, 5) is 0. The van der Waals surface area contributed by atoms with Crippen molar-refractivity contribution in [2.24, 2.45) is 0 Å². The largest absolute Gasteiger partial charge is 0.123 e. The normalized spacial score (nSPS) is 10.5. The van der Waals surface area contributed by atoms with Gasteiger partial charge in [0.2, 0.25) is 0 Å². The van der Waals surface area contributed by atoms with Crippen LogP contribution in [0.5, 0.6) is 0 Å². The van der Waals surface area contributed by atoms with E-state index in [0.717, 1.165) is 51.4 Å². The highest BCUT2D eigenvalue weighted by Gasteiger charge is 2.05. The number of aryl methyl sites for hydroxylation is 4. The minimum atomic E-state index is 1.07. The standard InChI is InChI=1S/C35H36/c1-5-13-30(14-6-1)21-25-34(26-22-31-15-7-2-8-16-31)29-35(27-23-32-17-9-3-10-18-32)28-24-33-19-11-4-12-20-33/h1-20H,21-28H2. The Morgan fingerprint density at radius 2 is 0.571 bits per heavy atom. The first kappa shape index (κ1) is 24.5. The summed E-state index contributed by atoms with van der Waals surface area (Å²) in [5, 5.41) is 0. The lowest BCUT2D eigenvalue weighted by Gasteiger charge is -2.10. The molecule has 35 heavy (non-hydrogen) atoms. The quantitative estimate of drug-likeness (QED) is 0.187. The van der Waals surface area contributed by atoms with Crippen molar-refractivity contribution < 1.29 is 0 Å². The van der Waals surface area contributed by atoms with Crippen molar-refractivity contribution in [3.05, 3.63) is 160 Å². The van der Waals surface area contributed by atoms with Crippen molar-refractivity contribution in [3.63, 3.8) is 0 Å². The van der Waals surface area contributed by atoms with Crippen LogP contribution in [0.15, 0.2) is 138 Å². The van der Waals surface area contributed by atoms with Crippen LogP contribution in [0.4, 0.5) is 0 Å². The van der Waals surface area contributed by atoms with E-state index < -0.39 is 0 Å². The van der Waals surface area contributed by atoms with Crippen molar-refractivity contribution in [1.82, 2.24) is 0 Å². The van der Waals surface area contributed by atoms with Gasteiger partial charge in [-0.15, -0.1) is 5.73 Å². The van der Waals surface area contributed by atoms with Crippen LogP contribution in [0.3, 0.4) is 0 Å². The molecule has 0 saturated carbocycles. The Kier molecular flexibility index (Phi) is 9.77. The molecule has 0 aliphatic rings. The SMILES string of the molecule is C(=C(CCc1ccccc1)CCc1ccccc1)=C(CCc1ccccc1)CCc1ccccc1. The number of rotatable bonds is 12. The first-order valence-electron chi connectivity index (χ1n) is 13.0. The number of hydrogen-bond donors (Lipinski definition) is 0. The topological polar surface area (TPSA) is 0 Å². The lowest BCUT2D eigenvalue weighted by Crippen LogP contribution is -1.96. The number of hydrogen-bond acceptors (Lipinski definition) is 0. The predicted octanol–water partition coefficient (Wildman–Crippen LogP) is 8.97. The Labute approximate surface area is 211 Å². The van der Waals surface area contributed by atoms with Crippen molar-refractivity contribution in [2.45, 2.75) is 51.4 Å². The summed E-state index contributed by atoms with van der Waals surface area (Å²) in [7, 11) is 0. The third kappa shape index (κ3) is 8.93. The zero-order chi connectivity index (χ0) is 24.0. The van der Waals surface area contributed by atoms with E-state index >= 15 is 0 Å². The third-order valence-corrected chi connectivity index (χ3v) is 6.59. The van der Waals surface area contributed by atoms with E-state index in [0.29, 0.717) is 0 Å². The van der Waals surface area contributed by atoms with Gasteiger partial charge in [0.15, 0.2) is 0 Å². The number of allylic oxidation sites excluding steroid dienone is 1. The van der Waals surface area contributed by atoms with E-state index in [4.69, 9.17) is 0 Å². The van der Waals surface area contributed by atoms with E-state index in [-0.39, 0.29) is 0 Å². The molecule has 0 aliphatic heterocycles. The third-order valence-electron chi connectivity index (χ3n) is 6.59. The molecule has 0 aliphatic carbocycles. The summed E-state index contributed by atoms with van der Waals surface area (Å²) in [5.41, 5.74) is 12.5. The fourth-order valence-electron chi connectivity index (χ4n) is 4.51. The second kappa shape index (κ2) is 14.0. The van der Waals surface area contributed by atoms with Gasteiger partial charge in [0.1, 0.15) is 0 Å². The molecule has 0 atom stereocenters. The lowest BCUT2D eigenvalue weighted by atomic mass is 9.95. The van der Waals surface area contributed by atoms with Crippen LogP contribution in [0.1, 0.15) is 47.9 Å². The maximum absolute atomic E-state index is 3.97. The molecule has 4 aromatic carbocycles. The Balaban J connectivity index is 1.56. The van der Waals surface area contributed by atoms with E-state index in [1.807, 2.05) is 0 Å². The van der Waals surface area contributed by atoms with Gasteiger partial charge in [-0.05, 0) is 84.8 Å². The highest BCUT2D eigenvalue weighted by Crippen LogP contribution is 2.20. The first-order valence-corrected chi connectivity index (χ1v) is 13.0. The number of benzene rings is 4. The van der Waals surface area contributed by atoms with Crippen molar-refractivity contribution in [2.75, 3.05) is 0 Å². The molecule has 0 bridgehead atoms. The second-order valence-electron chi connectivity index (χ2n) is 9.27. The minimum absolute atomic E-state index is 1.07. The average molecular weight is 457 g/mol. The van der Waals surface area contributed by atoms with Gasteiger partial charge in [0.05, 0.1) is 0 Å². The molecule has 0 unspecified atom stereocenters. The predicted molar refractivity (Wildman–Crippen MR) is 150 cm³/mol. The van der Waals surface area contributed by atoms with Crippen LogP contribution < -0.4 is 0 Å². The summed E-state index contributed by atoms with van der Waals surface area (Å²) < 4.78 is 0. The van der Waals surface area contributed by atoms with E-state index in [2.05, 4.69) is 127 Å². The van der Waals surface area contributed by atoms with E-state index in [1.165, 1.54) is 33.4 Å². The van der Waals surface area contributed by atoms with Crippen LogP contribution in [0, 0.1) is 0 Å². The summed E-state index contributed by atoms with van der Waals surface area (Å²) in [6.07, 6.45) is 8.55.